The molecule has 0 fully saturated rings. The van der Waals surface area contributed by atoms with Crippen molar-refractivity contribution >= 4 is 15.7 Å². The van der Waals surface area contributed by atoms with Crippen molar-refractivity contribution in [3.05, 3.63) is 24.0 Å². The number of hydrogen-bond donors (Lipinski definition) is 0. The van der Waals surface area contributed by atoms with Crippen LogP contribution in [-0.2, 0) is 10.0 Å². The molecule has 2 heterocycles. The van der Waals surface area contributed by atoms with Crippen LogP contribution in [0, 0.1) is 0 Å². The van der Waals surface area contributed by atoms with E-state index in [1.807, 2.05) is 0 Å². The van der Waals surface area contributed by atoms with E-state index in [0.29, 0.717) is 11.3 Å². The number of sulfonamides is 1. The zero-order chi connectivity index (χ0) is 8.77. The predicted molar refractivity (Wildman–Crippen MR) is 43.6 cm³/mol. The number of aromatic nitrogens is 1. The highest BCUT2D eigenvalue weighted by molar-refractivity contribution is 7.90. The lowest BCUT2D eigenvalue weighted by molar-refractivity contribution is 0.599. The van der Waals surface area contributed by atoms with E-state index in [4.69, 9.17) is 0 Å². The standard InChI is InChI=1S/C7H6N2O2S/c1-5-6-4-8-3-2-7(6)12(10,11)9-5/h2-4H,1H3. The first-order valence-electron chi connectivity index (χ1n) is 3.37. The Hall–Kier alpha value is -1.23. The molecular weight excluding hydrogens is 176 g/mol. The van der Waals surface area contributed by atoms with Crippen molar-refractivity contribution in [3.63, 3.8) is 0 Å². The van der Waals surface area contributed by atoms with Gasteiger partial charge in [0, 0.05) is 18.0 Å². The van der Waals surface area contributed by atoms with E-state index in [2.05, 4.69) is 9.38 Å². The van der Waals surface area contributed by atoms with Gasteiger partial charge in [-0.3, -0.25) is 4.98 Å². The average molecular weight is 182 g/mol. The summed E-state index contributed by atoms with van der Waals surface area (Å²) in [6.07, 6.45) is 2.96. The predicted octanol–water partition coefficient (Wildman–Crippen LogP) is 0.593. The Morgan fingerprint density at radius 2 is 2.17 bits per heavy atom. The molecule has 1 aromatic rings. The lowest BCUT2D eigenvalue weighted by Crippen LogP contribution is -1.94. The quantitative estimate of drug-likeness (QED) is 0.590. The summed E-state index contributed by atoms with van der Waals surface area (Å²) >= 11 is 0. The lowest BCUT2D eigenvalue weighted by atomic mass is 10.2. The number of nitrogens with zero attached hydrogens (tertiary/aromatic N) is 2. The van der Waals surface area contributed by atoms with Gasteiger partial charge in [-0.05, 0) is 13.0 Å². The van der Waals surface area contributed by atoms with Gasteiger partial charge in [0.1, 0.15) is 4.90 Å². The molecule has 1 aliphatic heterocycles. The maximum absolute atomic E-state index is 11.2. The molecule has 62 valence electrons. The van der Waals surface area contributed by atoms with Crippen LogP contribution >= 0.6 is 0 Å². The van der Waals surface area contributed by atoms with Crippen molar-refractivity contribution in [1.29, 1.82) is 0 Å². The zero-order valence-corrected chi connectivity index (χ0v) is 7.17. The van der Waals surface area contributed by atoms with Gasteiger partial charge in [-0.15, -0.1) is 0 Å². The van der Waals surface area contributed by atoms with Gasteiger partial charge in [0.25, 0.3) is 10.0 Å². The minimum Gasteiger partial charge on any atom is -0.264 e. The third kappa shape index (κ3) is 0.863. The third-order valence-electron chi connectivity index (χ3n) is 1.71. The minimum atomic E-state index is -3.41. The molecule has 0 bridgehead atoms. The summed E-state index contributed by atoms with van der Waals surface area (Å²) in [7, 11) is -3.41. The van der Waals surface area contributed by atoms with E-state index < -0.39 is 10.0 Å². The van der Waals surface area contributed by atoms with E-state index in [1.54, 1.807) is 6.92 Å². The number of pyridine rings is 1. The monoisotopic (exact) mass is 182 g/mol. The summed E-state index contributed by atoms with van der Waals surface area (Å²) in [4.78, 5) is 4.09. The van der Waals surface area contributed by atoms with Gasteiger partial charge >= 0.3 is 0 Å². The Morgan fingerprint density at radius 3 is 2.83 bits per heavy atom. The molecule has 4 nitrogen and oxygen atoms in total. The molecule has 1 aromatic heterocycles. The van der Waals surface area contributed by atoms with Crippen LogP contribution in [-0.4, -0.2) is 19.1 Å². The van der Waals surface area contributed by atoms with E-state index in [-0.39, 0.29) is 4.90 Å². The third-order valence-corrected chi connectivity index (χ3v) is 3.13. The SMILES string of the molecule is CC1=NS(=O)(=O)c2ccncc21. The Labute approximate surface area is 70.0 Å². The second-order valence-corrected chi connectivity index (χ2v) is 4.10. The summed E-state index contributed by atoms with van der Waals surface area (Å²) in [5, 5.41) is 0. The van der Waals surface area contributed by atoms with Crippen molar-refractivity contribution in [2.24, 2.45) is 4.40 Å². The highest BCUT2D eigenvalue weighted by Gasteiger charge is 2.25. The molecule has 0 atom stereocenters. The van der Waals surface area contributed by atoms with Crippen LogP contribution in [0.15, 0.2) is 27.8 Å². The van der Waals surface area contributed by atoms with Crippen LogP contribution < -0.4 is 0 Å². The number of hydrogen-bond acceptors (Lipinski definition) is 3. The van der Waals surface area contributed by atoms with Gasteiger partial charge in [-0.25, -0.2) is 0 Å². The Balaban J connectivity index is 2.86. The first kappa shape index (κ1) is 7.42. The van der Waals surface area contributed by atoms with Gasteiger partial charge in [-0.2, -0.15) is 12.8 Å². The number of fused-ring (bicyclic) bond motifs is 1. The van der Waals surface area contributed by atoms with Crippen LogP contribution in [0.1, 0.15) is 12.5 Å². The van der Waals surface area contributed by atoms with Crippen molar-refractivity contribution in [3.8, 4) is 0 Å². The first-order valence-corrected chi connectivity index (χ1v) is 4.81. The van der Waals surface area contributed by atoms with Crippen molar-refractivity contribution in [1.82, 2.24) is 4.98 Å². The molecule has 2 rings (SSSR count). The second-order valence-electron chi connectivity index (χ2n) is 2.52. The van der Waals surface area contributed by atoms with Gasteiger partial charge < -0.3 is 0 Å². The molecule has 0 radical (unpaired) electrons. The van der Waals surface area contributed by atoms with Crippen LogP contribution in [0.25, 0.3) is 0 Å². The van der Waals surface area contributed by atoms with Crippen molar-refractivity contribution in [2.45, 2.75) is 11.8 Å². The van der Waals surface area contributed by atoms with Crippen molar-refractivity contribution in [2.75, 3.05) is 0 Å². The Morgan fingerprint density at radius 1 is 1.42 bits per heavy atom. The maximum atomic E-state index is 11.2. The molecule has 5 heteroatoms. The highest BCUT2D eigenvalue weighted by atomic mass is 32.2. The summed E-state index contributed by atoms with van der Waals surface area (Å²) in [6.45, 7) is 1.66. The highest BCUT2D eigenvalue weighted by Crippen LogP contribution is 2.24. The molecule has 0 saturated heterocycles. The van der Waals surface area contributed by atoms with Crippen molar-refractivity contribution < 1.29 is 8.42 Å². The fraction of sp³-hybridized carbons (Fsp3) is 0.143. The normalized spacial score (nSPS) is 18.6. The fourth-order valence-corrected chi connectivity index (χ4v) is 2.43. The average Bonchev–Trinajstić information content (AvgIpc) is 2.25. The first-order chi connectivity index (χ1) is 5.61. The molecule has 0 aliphatic carbocycles. The fourth-order valence-electron chi connectivity index (χ4n) is 1.16. The Bertz CT molecular complexity index is 462. The molecule has 0 N–H and O–H groups in total. The van der Waals surface area contributed by atoms with E-state index in [1.165, 1.54) is 18.5 Å². The molecule has 0 unspecified atom stereocenters. The molecule has 0 spiro atoms. The van der Waals surface area contributed by atoms with Crippen LogP contribution in [0.3, 0.4) is 0 Å². The maximum Gasteiger partial charge on any atom is 0.283 e. The van der Waals surface area contributed by atoms with Gasteiger partial charge in [0.2, 0.25) is 0 Å². The second kappa shape index (κ2) is 2.13. The van der Waals surface area contributed by atoms with Crippen LogP contribution in [0.4, 0.5) is 0 Å². The molecule has 0 aromatic carbocycles. The zero-order valence-electron chi connectivity index (χ0n) is 6.35. The van der Waals surface area contributed by atoms with E-state index >= 15 is 0 Å². The summed E-state index contributed by atoms with van der Waals surface area (Å²) in [5.41, 5.74) is 1.12. The Kier molecular flexibility index (Phi) is 1.32. The van der Waals surface area contributed by atoms with Gasteiger partial charge in [0.05, 0.1) is 5.71 Å². The summed E-state index contributed by atoms with van der Waals surface area (Å²) in [5.74, 6) is 0. The smallest absolute Gasteiger partial charge is 0.264 e. The molecule has 12 heavy (non-hydrogen) atoms. The van der Waals surface area contributed by atoms with Crippen LogP contribution in [0.2, 0.25) is 0 Å². The van der Waals surface area contributed by atoms with E-state index in [9.17, 15) is 8.42 Å². The molecule has 0 saturated carbocycles. The summed E-state index contributed by atoms with van der Waals surface area (Å²) in [6, 6.07) is 1.46. The molecule has 1 aliphatic rings. The minimum absolute atomic E-state index is 0.259. The lowest BCUT2D eigenvalue weighted by Gasteiger charge is -1.93. The van der Waals surface area contributed by atoms with Gasteiger partial charge in [-0.1, -0.05) is 0 Å². The van der Waals surface area contributed by atoms with Gasteiger partial charge in [0.15, 0.2) is 0 Å². The van der Waals surface area contributed by atoms with Crippen LogP contribution in [0.5, 0.6) is 0 Å². The molecular formula is C7H6N2O2S. The molecule has 0 amide bonds. The summed E-state index contributed by atoms with van der Waals surface area (Å²) < 4.78 is 26.0. The van der Waals surface area contributed by atoms with E-state index in [0.717, 1.165) is 0 Å². The largest absolute Gasteiger partial charge is 0.283 e. The topological polar surface area (TPSA) is 59.4 Å². The number of rotatable bonds is 0.